The second-order valence-corrected chi connectivity index (χ2v) is 8.10. The molecule has 0 bridgehead atoms. The number of hydrogen-bond donors (Lipinski definition) is 0. The van der Waals surface area contributed by atoms with Crippen LogP contribution >= 0.6 is 0 Å². The summed E-state index contributed by atoms with van der Waals surface area (Å²) in [5, 5.41) is 8.24. The monoisotopic (exact) mass is 409 g/mol. The molecule has 1 amide bonds. The van der Waals surface area contributed by atoms with Crippen molar-refractivity contribution in [2.75, 3.05) is 26.2 Å². The highest BCUT2D eigenvalue weighted by Crippen LogP contribution is 2.32. The minimum Gasteiger partial charge on any atom is -0.341 e. The minimum absolute atomic E-state index is 0.0566. The molecule has 6 nitrogen and oxygen atoms in total. The van der Waals surface area contributed by atoms with Crippen LogP contribution in [0.3, 0.4) is 0 Å². The number of likely N-dealkylation sites (tertiary alicyclic amines) is 2. The summed E-state index contributed by atoms with van der Waals surface area (Å²) in [7, 11) is 0. The fraction of sp³-hybridized carbons (Fsp3) is 0.650. The third-order valence-corrected chi connectivity index (χ3v) is 6.15. The average molecular weight is 409 g/mol. The van der Waals surface area contributed by atoms with Gasteiger partial charge < -0.3 is 4.90 Å². The molecule has 0 N–H and O–H groups in total. The number of alkyl halides is 3. The third-order valence-electron chi connectivity index (χ3n) is 6.15. The molecule has 158 valence electrons. The molecule has 2 saturated heterocycles. The Labute approximate surface area is 167 Å². The number of aromatic nitrogens is 3. The first-order valence-electron chi connectivity index (χ1n) is 10.3. The predicted octanol–water partition coefficient (Wildman–Crippen LogP) is 3.33. The Hall–Kier alpha value is -2.16. The van der Waals surface area contributed by atoms with Crippen LogP contribution in [0.25, 0.3) is 5.65 Å². The Morgan fingerprint density at radius 2 is 1.86 bits per heavy atom. The predicted molar refractivity (Wildman–Crippen MR) is 101 cm³/mol. The van der Waals surface area contributed by atoms with Crippen LogP contribution in [0.15, 0.2) is 18.3 Å². The molecule has 2 aromatic rings. The zero-order chi connectivity index (χ0) is 20.6. The molecule has 0 saturated carbocycles. The zero-order valence-corrected chi connectivity index (χ0v) is 16.5. The van der Waals surface area contributed by atoms with E-state index in [0.29, 0.717) is 18.0 Å². The van der Waals surface area contributed by atoms with Crippen LogP contribution in [0.4, 0.5) is 13.2 Å². The van der Waals surface area contributed by atoms with Gasteiger partial charge in [-0.3, -0.25) is 14.1 Å². The van der Waals surface area contributed by atoms with Crippen molar-refractivity contribution in [3.8, 4) is 0 Å². The van der Waals surface area contributed by atoms with Gasteiger partial charge in [-0.25, -0.2) is 0 Å². The molecule has 2 unspecified atom stereocenters. The van der Waals surface area contributed by atoms with Crippen LogP contribution in [0.5, 0.6) is 0 Å². The van der Waals surface area contributed by atoms with Crippen molar-refractivity contribution in [1.82, 2.24) is 24.4 Å². The molecular weight excluding hydrogens is 383 g/mol. The number of nitrogens with zero attached hydrogens (tertiary/aromatic N) is 5. The molecule has 4 rings (SSSR count). The quantitative estimate of drug-likeness (QED) is 0.781. The van der Waals surface area contributed by atoms with Gasteiger partial charge in [0.25, 0.3) is 0 Å². The first kappa shape index (κ1) is 20.1. The fourth-order valence-electron chi connectivity index (χ4n) is 4.46. The Kier molecular flexibility index (Phi) is 5.50. The number of amides is 1. The molecule has 4 heterocycles. The van der Waals surface area contributed by atoms with Crippen LogP contribution in [-0.4, -0.2) is 62.5 Å². The number of carbonyl (C=O) groups excluding carboxylic acids is 1. The van der Waals surface area contributed by atoms with Gasteiger partial charge >= 0.3 is 6.18 Å². The van der Waals surface area contributed by atoms with Crippen molar-refractivity contribution in [3.63, 3.8) is 0 Å². The first-order valence-corrected chi connectivity index (χ1v) is 10.3. The topological polar surface area (TPSA) is 53.7 Å². The lowest BCUT2D eigenvalue weighted by Gasteiger charge is -2.38. The second-order valence-electron chi connectivity index (χ2n) is 8.10. The Balaban J connectivity index is 1.53. The van der Waals surface area contributed by atoms with E-state index in [2.05, 4.69) is 15.1 Å². The Morgan fingerprint density at radius 3 is 2.59 bits per heavy atom. The highest BCUT2D eigenvalue weighted by Gasteiger charge is 2.34. The van der Waals surface area contributed by atoms with Gasteiger partial charge in [-0.2, -0.15) is 13.2 Å². The highest BCUT2D eigenvalue weighted by atomic mass is 19.4. The third kappa shape index (κ3) is 4.10. The fourth-order valence-corrected chi connectivity index (χ4v) is 4.46. The van der Waals surface area contributed by atoms with E-state index in [1.165, 1.54) is 16.9 Å². The van der Waals surface area contributed by atoms with Crippen molar-refractivity contribution in [2.24, 2.45) is 0 Å². The summed E-state index contributed by atoms with van der Waals surface area (Å²) in [6.07, 6.45) is 1.62. The van der Waals surface area contributed by atoms with Crippen LogP contribution in [0, 0.1) is 0 Å². The van der Waals surface area contributed by atoms with Crippen LogP contribution in [0.2, 0.25) is 0 Å². The van der Waals surface area contributed by atoms with Gasteiger partial charge in [0.2, 0.25) is 5.91 Å². The summed E-state index contributed by atoms with van der Waals surface area (Å²) >= 11 is 0. The lowest BCUT2D eigenvalue weighted by atomic mass is 9.95. The minimum atomic E-state index is -4.41. The van der Waals surface area contributed by atoms with Crippen molar-refractivity contribution in [2.45, 2.75) is 57.2 Å². The number of pyridine rings is 1. The molecule has 2 aromatic heterocycles. The SMILES string of the molecule is CC(C(=O)N1CCCCC1)N1CCCC(c2nnc3ccc(C(F)(F)F)cn23)C1. The van der Waals surface area contributed by atoms with E-state index < -0.39 is 11.7 Å². The normalized spacial score (nSPS) is 22.8. The lowest BCUT2D eigenvalue weighted by Crippen LogP contribution is -2.51. The van der Waals surface area contributed by atoms with Gasteiger partial charge in [0, 0.05) is 31.7 Å². The summed E-state index contributed by atoms with van der Waals surface area (Å²) in [5.41, 5.74) is -0.310. The van der Waals surface area contributed by atoms with Gasteiger partial charge in [0.15, 0.2) is 5.65 Å². The lowest BCUT2D eigenvalue weighted by molar-refractivity contribution is -0.138. The van der Waals surface area contributed by atoms with E-state index in [1.807, 2.05) is 11.8 Å². The summed E-state index contributed by atoms with van der Waals surface area (Å²) in [6.45, 7) is 4.97. The summed E-state index contributed by atoms with van der Waals surface area (Å²) in [6, 6.07) is 2.14. The smallest absolute Gasteiger partial charge is 0.341 e. The van der Waals surface area contributed by atoms with Crippen LogP contribution in [-0.2, 0) is 11.0 Å². The Morgan fingerprint density at radius 1 is 1.10 bits per heavy atom. The van der Waals surface area contributed by atoms with Crippen molar-refractivity contribution < 1.29 is 18.0 Å². The number of carbonyl (C=O) groups is 1. The van der Waals surface area contributed by atoms with Crippen molar-refractivity contribution >= 4 is 11.6 Å². The van der Waals surface area contributed by atoms with E-state index in [-0.39, 0.29) is 17.9 Å². The number of fused-ring (bicyclic) bond motifs is 1. The number of rotatable bonds is 3. The maximum atomic E-state index is 13.1. The van der Waals surface area contributed by atoms with Crippen molar-refractivity contribution in [3.05, 3.63) is 29.7 Å². The summed E-state index contributed by atoms with van der Waals surface area (Å²) in [5.74, 6) is 0.628. The molecule has 2 aliphatic heterocycles. The first-order chi connectivity index (χ1) is 13.8. The van der Waals surface area contributed by atoms with E-state index in [1.54, 1.807) is 0 Å². The average Bonchev–Trinajstić information content (AvgIpc) is 3.16. The Bertz CT molecular complexity index is 875. The molecule has 29 heavy (non-hydrogen) atoms. The van der Waals surface area contributed by atoms with E-state index in [0.717, 1.165) is 57.6 Å². The molecule has 0 aliphatic carbocycles. The maximum absolute atomic E-state index is 13.1. The maximum Gasteiger partial charge on any atom is 0.417 e. The number of hydrogen-bond acceptors (Lipinski definition) is 4. The van der Waals surface area contributed by atoms with E-state index in [9.17, 15) is 18.0 Å². The molecule has 0 spiro atoms. The van der Waals surface area contributed by atoms with Gasteiger partial charge in [-0.05, 0) is 57.7 Å². The molecule has 2 fully saturated rings. The standard InChI is InChI=1S/C20H26F3N5O/c1-14(19(29)26-9-3-2-4-10-26)27-11-5-6-15(12-27)18-25-24-17-8-7-16(13-28(17)18)20(21,22)23/h7-8,13-15H,2-6,9-12H2,1H3. The van der Waals surface area contributed by atoms with Crippen LogP contribution < -0.4 is 0 Å². The second kappa shape index (κ2) is 7.93. The van der Waals surface area contributed by atoms with Gasteiger partial charge in [-0.15, -0.1) is 10.2 Å². The molecule has 9 heteroatoms. The molecule has 0 aromatic carbocycles. The molecular formula is C20H26F3N5O. The molecule has 2 aliphatic rings. The zero-order valence-electron chi connectivity index (χ0n) is 16.5. The number of halogens is 3. The largest absolute Gasteiger partial charge is 0.417 e. The summed E-state index contributed by atoms with van der Waals surface area (Å²) in [4.78, 5) is 17.0. The van der Waals surface area contributed by atoms with Gasteiger partial charge in [0.1, 0.15) is 5.82 Å². The van der Waals surface area contributed by atoms with Crippen molar-refractivity contribution in [1.29, 1.82) is 0 Å². The molecule has 0 radical (unpaired) electrons. The van der Waals surface area contributed by atoms with Gasteiger partial charge in [0.05, 0.1) is 11.6 Å². The summed E-state index contributed by atoms with van der Waals surface area (Å²) < 4.78 is 40.8. The van der Waals surface area contributed by atoms with E-state index in [4.69, 9.17) is 0 Å². The number of piperidine rings is 2. The van der Waals surface area contributed by atoms with Crippen LogP contribution in [0.1, 0.15) is 56.3 Å². The highest BCUT2D eigenvalue weighted by molar-refractivity contribution is 5.81. The van der Waals surface area contributed by atoms with E-state index >= 15 is 0 Å². The molecule has 2 atom stereocenters. The van der Waals surface area contributed by atoms with Gasteiger partial charge in [-0.1, -0.05) is 0 Å².